The first kappa shape index (κ1) is 48.0. The van der Waals surface area contributed by atoms with Gasteiger partial charge in [-0.25, -0.2) is 0 Å². The van der Waals surface area contributed by atoms with Crippen LogP contribution in [0.3, 0.4) is 0 Å². The van der Waals surface area contributed by atoms with E-state index in [1.54, 1.807) is 0 Å². The third kappa shape index (κ3) is 8.45. The van der Waals surface area contributed by atoms with Crippen molar-refractivity contribution in [2.75, 3.05) is 0 Å². The van der Waals surface area contributed by atoms with Crippen molar-refractivity contribution in [3.8, 4) is 0 Å². The van der Waals surface area contributed by atoms with Gasteiger partial charge in [0.25, 0.3) is 0 Å². The van der Waals surface area contributed by atoms with E-state index in [0.29, 0.717) is 0 Å². The molecule has 9 aromatic carbocycles. The van der Waals surface area contributed by atoms with Crippen molar-refractivity contribution in [3.05, 3.63) is 323 Å². The summed E-state index contributed by atoms with van der Waals surface area (Å²) in [5.74, 6) is 0. The fourth-order valence-corrected chi connectivity index (χ4v) is 11.9. The molecule has 3 nitrogen and oxygen atoms in total. The number of rotatable bonds is 18. The molecule has 0 spiro atoms. The first-order valence-corrected chi connectivity index (χ1v) is 24.5. The molecule has 0 aromatic heterocycles. The van der Waals surface area contributed by atoms with E-state index in [4.69, 9.17) is 14.0 Å². The summed E-state index contributed by atoms with van der Waals surface area (Å²) < 4.78 is 24.0. The van der Waals surface area contributed by atoms with Gasteiger partial charge in [-0.2, -0.15) is 0 Å². The number of hydrogen-bond acceptors (Lipinski definition) is 3. The Morgan fingerprint density at radius 2 is 0.314 bits per heavy atom. The van der Waals surface area contributed by atoms with Crippen LogP contribution < -0.4 is 0 Å². The lowest BCUT2D eigenvalue weighted by molar-refractivity contribution is -0.0977. The maximum Gasteiger partial charge on any atom is 0.640 e. The molecule has 0 aliphatic carbocycles. The SMILES string of the molecule is CC(C)(OB(OC(C)(C)C(c1ccccc1)(c1ccccc1)c1ccccc1)OC(C)(C)C(c1ccccc1)(c1ccccc1)c1ccccc1)C(c1ccccc1)(c1ccccc1)c1ccccc1. The van der Waals surface area contributed by atoms with Gasteiger partial charge in [-0.15, -0.1) is 0 Å². The summed E-state index contributed by atoms with van der Waals surface area (Å²) >= 11 is 0. The van der Waals surface area contributed by atoms with Crippen LogP contribution >= 0.6 is 0 Å². The summed E-state index contributed by atoms with van der Waals surface area (Å²) in [6, 6.07) is 96.6. The minimum absolute atomic E-state index is 0.874. The smallest absolute Gasteiger partial charge is 0.379 e. The van der Waals surface area contributed by atoms with Crippen LogP contribution in [0.4, 0.5) is 0 Å². The van der Waals surface area contributed by atoms with E-state index in [0.717, 1.165) is 50.1 Å². The van der Waals surface area contributed by atoms with Crippen molar-refractivity contribution < 1.29 is 14.0 Å². The topological polar surface area (TPSA) is 27.7 Å². The highest BCUT2D eigenvalue weighted by atomic mass is 16.8. The van der Waals surface area contributed by atoms with Gasteiger partial charge in [-0.05, 0) is 91.6 Å². The Hall–Kier alpha value is -7.08. The Labute approximate surface area is 417 Å². The van der Waals surface area contributed by atoms with Crippen molar-refractivity contribution >= 4 is 7.32 Å². The third-order valence-corrected chi connectivity index (χ3v) is 14.7. The van der Waals surface area contributed by atoms with Gasteiger partial charge in [-0.1, -0.05) is 273 Å². The van der Waals surface area contributed by atoms with Crippen LogP contribution in [0.25, 0.3) is 0 Å². The molecular weight excluding hydrogens is 852 g/mol. The molecule has 0 aliphatic rings. The summed E-state index contributed by atoms with van der Waals surface area (Å²) in [5, 5.41) is 0. The molecule has 0 radical (unpaired) electrons. The molecule has 0 N–H and O–H groups in total. The second-order valence-electron chi connectivity index (χ2n) is 19.7. The normalized spacial score (nSPS) is 12.6. The summed E-state index contributed by atoms with van der Waals surface area (Å²) in [6.07, 6.45) is 0. The molecule has 0 atom stereocenters. The minimum Gasteiger partial charge on any atom is -0.379 e. The van der Waals surface area contributed by atoms with E-state index in [-0.39, 0.29) is 0 Å². The van der Waals surface area contributed by atoms with Crippen LogP contribution in [0.5, 0.6) is 0 Å². The lowest BCUT2D eigenvalue weighted by atomic mass is 9.59. The van der Waals surface area contributed by atoms with Crippen molar-refractivity contribution in [2.24, 2.45) is 0 Å². The quantitative estimate of drug-likeness (QED) is 0.0634. The zero-order chi connectivity index (χ0) is 48.7. The zero-order valence-electron chi connectivity index (χ0n) is 41.3. The van der Waals surface area contributed by atoms with E-state index in [2.05, 4.69) is 315 Å². The monoisotopic (exact) mass is 914 g/mol. The van der Waals surface area contributed by atoms with Crippen molar-refractivity contribution in [1.82, 2.24) is 0 Å². The zero-order valence-corrected chi connectivity index (χ0v) is 41.3. The second kappa shape index (κ2) is 20.1. The molecule has 0 unspecified atom stereocenters. The van der Waals surface area contributed by atoms with E-state index in [1.807, 2.05) is 0 Å². The molecule has 0 bridgehead atoms. The predicted octanol–water partition coefficient (Wildman–Crippen LogP) is 15.5. The van der Waals surface area contributed by atoms with E-state index >= 15 is 0 Å². The molecule has 0 heterocycles. The van der Waals surface area contributed by atoms with Crippen LogP contribution in [0, 0.1) is 0 Å². The van der Waals surface area contributed by atoms with E-state index < -0.39 is 40.4 Å². The molecule has 4 heteroatoms. The predicted molar refractivity (Wildman–Crippen MR) is 289 cm³/mol. The maximum absolute atomic E-state index is 8.00. The molecule has 0 fully saturated rings. The van der Waals surface area contributed by atoms with Crippen molar-refractivity contribution in [2.45, 2.75) is 74.6 Å². The largest absolute Gasteiger partial charge is 0.640 e. The van der Waals surface area contributed by atoms with Crippen LogP contribution in [-0.2, 0) is 30.2 Å². The van der Waals surface area contributed by atoms with Crippen LogP contribution in [0.1, 0.15) is 91.6 Å². The molecule has 0 saturated heterocycles. The first-order valence-electron chi connectivity index (χ1n) is 24.5. The standard InChI is InChI=1S/C66H63BO3/c1-61(2,64(52-34-16-7-17-35-52,53-36-18-8-19-37-53)54-38-20-9-21-39-54)68-67(69-62(3,4)65(55-40-22-10-23-41-55,56-42-24-11-25-43-56)57-44-26-12-27-45-57)70-63(5,6)66(58-46-28-13-29-47-58,59-48-30-14-31-49-59)60-50-32-15-33-51-60/h7-51H,1-6H3. The fourth-order valence-electron chi connectivity index (χ4n) is 11.9. The molecule has 0 aliphatic heterocycles. The van der Waals surface area contributed by atoms with Crippen LogP contribution in [0.2, 0.25) is 0 Å². The van der Waals surface area contributed by atoms with Crippen LogP contribution in [-0.4, -0.2) is 24.1 Å². The molecular formula is C66H63BO3. The van der Waals surface area contributed by atoms with E-state index in [1.165, 1.54) is 0 Å². The van der Waals surface area contributed by atoms with Gasteiger partial charge >= 0.3 is 7.32 Å². The van der Waals surface area contributed by atoms with Gasteiger partial charge in [0.1, 0.15) is 0 Å². The average Bonchev–Trinajstić information content (AvgIpc) is 3.39. The minimum atomic E-state index is -1.29. The van der Waals surface area contributed by atoms with Gasteiger partial charge in [0.15, 0.2) is 0 Å². The first-order chi connectivity index (χ1) is 34.0. The molecule has 9 rings (SSSR count). The third-order valence-electron chi connectivity index (χ3n) is 14.7. The van der Waals surface area contributed by atoms with Gasteiger partial charge < -0.3 is 14.0 Å². The highest BCUT2D eigenvalue weighted by Gasteiger charge is 2.59. The Morgan fingerprint density at radius 1 is 0.200 bits per heavy atom. The average molecular weight is 915 g/mol. The van der Waals surface area contributed by atoms with Gasteiger partial charge in [0.2, 0.25) is 0 Å². The molecule has 0 saturated carbocycles. The highest BCUT2D eigenvalue weighted by molar-refractivity contribution is 6.37. The Balaban J connectivity index is 1.32. The molecule has 348 valence electrons. The lowest BCUT2D eigenvalue weighted by Crippen LogP contribution is -2.61. The Bertz CT molecular complexity index is 2380. The lowest BCUT2D eigenvalue weighted by Gasteiger charge is -2.54. The molecule has 9 aromatic rings. The van der Waals surface area contributed by atoms with Gasteiger partial charge in [0.05, 0.1) is 33.0 Å². The van der Waals surface area contributed by atoms with Crippen molar-refractivity contribution in [1.29, 1.82) is 0 Å². The second-order valence-corrected chi connectivity index (χ2v) is 19.7. The fraction of sp³-hybridized carbons (Fsp3) is 0.182. The number of hydrogen-bond donors (Lipinski definition) is 0. The van der Waals surface area contributed by atoms with Gasteiger partial charge in [-0.3, -0.25) is 0 Å². The van der Waals surface area contributed by atoms with Crippen molar-refractivity contribution in [3.63, 3.8) is 0 Å². The number of benzene rings is 9. The summed E-state index contributed by atoms with van der Waals surface area (Å²) in [6.45, 7) is 13.2. The maximum atomic E-state index is 8.00. The van der Waals surface area contributed by atoms with Gasteiger partial charge in [0, 0.05) is 0 Å². The Morgan fingerprint density at radius 3 is 0.429 bits per heavy atom. The summed E-state index contributed by atoms with van der Waals surface area (Å²) in [7, 11) is -1.29. The summed E-state index contributed by atoms with van der Waals surface area (Å²) in [5.41, 5.74) is 3.86. The highest BCUT2D eigenvalue weighted by Crippen LogP contribution is 2.54. The summed E-state index contributed by atoms with van der Waals surface area (Å²) in [4.78, 5) is 0. The molecule has 0 amide bonds. The van der Waals surface area contributed by atoms with Crippen LogP contribution in [0.15, 0.2) is 273 Å². The van der Waals surface area contributed by atoms with E-state index in [9.17, 15) is 0 Å². The molecule has 70 heavy (non-hydrogen) atoms. The Kier molecular flexibility index (Phi) is 13.8.